The van der Waals surface area contributed by atoms with Gasteiger partial charge < -0.3 is 5.11 Å². The summed E-state index contributed by atoms with van der Waals surface area (Å²) < 4.78 is 0. The molecule has 1 atom stereocenters. The Hall–Kier alpha value is -0.870. The Morgan fingerprint density at radius 1 is 1.67 bits per heavy atom. The van der Waals surface area contributed by atoms with E-state index in [9.17, 15) is 9.90 Å². The summed E-state index contributed by atoms with van der Waals surface area (Å²) in [6, 6.07) is 4.01. The summed E-state index contributed by atoms with van der Waals surface area (Å²) in [6.45, 7) is 4.36. The van der Waals surface area contributed by atoms with Crippen LogP contribution in [0, 0.1) is 0 Å². The molecule has 3 nitrogen and oxygen atoms in total. The first-order valence-electron chi connectivity index (χ1n) is 4.97. The lowest BCUT2D eigenvalue weighted by atomic mass is 9.97. The molecule has 0 aliphatic rings. The lowest BCUT2D eigenvalue weighted by Gasteiger charge is -2.33. The molecular formula is C11H17NO2S. The van der Waals surface area contributed by atoms with Crippen LogP contribution in [0.15, 0.2) is 17.5 Å². The number of nitrogens with zero attached hydrogens (tertiary/aromatic N) is 1. The number of carboxylic acid groups (broad SMARTS) is 1. The van der Waals surface area contributed by atoms with Crippen LogP contribution in [0.25, 0.3) is 0 Å². The first kappa shape index (κ1) is 12.2. The summed E-state index contributed by atoms with van der Waals surface area (Å²) in [6.07, 6.45) is 0.601. The predicted octanol–water partition coefficient (Wildman–Crippen LogP) is 2.43. The van der Waals surface area contributed by atoms with Crippen molar-refractivity contribution in [1.82, 2.24) is 4.90 Å². The van der Waals surface area contributed by atoms with Gasteiger partial charge in [-0.2, -0.15) is 0 Å². The molecule has 0 fully saturated rings. The SMILES string of the molecule is CCC(C)(C(=O)O)N(C)Cc1cccs1. The normalized spacial score (nSPS) is 15.2. The van der Waals surface area contributed by atoms with Crippen LogP contribution in [0.1, 0.15) is 25.1 Å². The van der Waals surface area contributed by atoms with Gasteiger partial charge in [0.25, 0.3) is 0 Å². The minimum absolute atomic E-state index is 0.601. The fraction of sp³-hybridized carbons (Fsp3) is 0.545. The molecule has 1 aromatic rings. The molecule has 1 rings (SSSR count). The van der Waals surface area contributed by atoms with Gasteiger partial charge in [0.2, 0.25) is 0 Å². The molecule has 4 heteroatoms. The van der Waals surface area contributed by atoms with Crippen molar-refractivity contribution in [1.29, 1.82) is 0 Å². The molecule has 0 aliphatic heterocycles. The van der Waals surface area contributed by atoms with Crippen molar-refractivity contribution in [3.8, 4) is 0 Å². The first-order valence-corrected chi connectivity index (χ1v) is 5.85. The quantitative estimate of drug-likeness (QED) is 0.840. The van der Waals surface area contributed by atoms with Crippen LogP contribution in [0.5, 0.6) is 0 Å². The highest BCUT2D eigenvalue weighted by Crippen LogP contribution is 2.22. The topological polar surface area (TPSA) is 40.5 Å². The minimum atomic E-state index is -0.774. The summed E-state index contributed by atoms with van der Waals surface area (Å²) in [4.78, 5) is 14.3. The maximum atomic E-state index is 11.2. The summed E-state index contributed by atoms with van der Waals surface area (Å²) in [7, 11) is 1.86. The Bertz CT molecular complexity index is 323. The van der Waals surface area contributed by atoms with Gasteiger partial charge in [-0.25, -0.2) is 0 Å². The minimum Gasteiger partial charge on any atom is -0.480 e. The molecule has 0 amide bonds. The highest BCUT2D eigenvalue weighted by Gasteiger charge is 2.35. The average Bonchev–Trinajstić information content (AvgIpc) is 2.68. The average molecular weight is 227 g/mol. The van der Waals surface area contributed by atoms with E-state index in [1.54, 1.807) is 18.3 Å². The van der Waals surface area contributed by atoms with E-state index in [-0.39, 0.29) is 0 Å². The van der Waals surface area contributed by atoms with Crippen molar-refractivity contribution in [2.45, 2.75) is 32.4 Å². The molecular weight excluding hydrogens is 210 g/mol. The zero-order valence-electron chi connectivity index (χ0n) is 9.36. The standard InChI is InChI=1S/C11H17NO2S/c1-4-11(2,10(13)14)12(3)8-9-6-5-7-15-9/h5-7H,4,8H2,1-3H3,(H,13,14). The fourth-order valence-corrected chi connectivity index (χ4v) is 2.15. The molecule has 84 valence electrons. The van der Waals surface area contributed by atoms with Gasteiger partial charge in [0.15, 0.2) is 0 Å². The van der Waals surface area contributed by atoms with Crippen LogP contribution in [0.4, 0.5) is 0 Å². The number of aliphatic carboxylic acids is 1. The number of thiophene rings is 1. The van der Waals surface area contributed by atoms with Crippen molar-refractivity contribution in [2.75, 3.05) is 7.05 Å². The van der Waals surface area contributed by atoms with Gasteiger partial charge in [-0.3, -0.25) is 9.69 Å². The van der Waals surface area contributed by atoms with E-state index in [1.165, 1.54) is 4.88 Å². The summed E-state index contributed by atoms with van der Waals surface area (Å²) in [5, 5.41) is 11.2. The lowest BCUT2D eigenvalue weighted by Crippen LogP contribution is -2.49. The third-order valence-electron chi connectivity index (χ3n) is 2.96. The van der Waals surface area contributed by atoms with E-state index in [4.69, 9.17) is 0 Å². The van der Waals surface area contributed by atoms with Crippen LogP contribution in [0.3, 0.4) is 0 Å². The Labute approximate surface area is 94.3 Å². The molecule has 1 unspecified atom stereocenters. The van der Waals surface area contributed by atoms with E-state index in [0.717, 1.165) is 0 Å². The van der Waals surface area contributed by atoms with Crippen molar-refractivity contribution in [2.24, 2.45) is 0 Å². The molecule has 0 saturated carbocycles. The van der Waals surface area contributed by atoms with Crippen molar-refractivity contribution in [3.05, 3.63) is 22.4 Å². The maximum Gasteiger partial charge on any atom is 0.323 e. The van der Waals surface area contributed by atoms with E-state index >= 15 is 0 Å². The van der Waals surface area contributed by atoms with Gasteiger partial charge in [0.1, 0.15) is 5.54 Å². The predicted molar refractivity (Wildman–Crippen MR) is 62.1 cm³/mol. The van der Waals surface area contributed by atoms with Gasteiger partial charge in [-0.15, -0.1) is 11.3 Å². The Balaban J connectivity index is 2.74. The molecule has 1 N–H and O–H groups in total. The third kappa shape index (κ3) is 2.58. The number of hydrogen-bond acceptors (Lipinski definition) is 3. The molecule has 0 aliphatic carbocycles. The maximum absolute atomic E-state index is 11.2. The molecule has 0 bridgehead atoms. The van der Waals surface area contributed by atoms with Gasteiger partial charge >= 0.3 is 5.97 Å². The second-order valence-corrected chi connectivity index (χ2v) is 4.90. The Morgan fingerprint density at radius 3 is 2.73 bits per heavy atom. The highest BCUT2D eigenvalue weighted by atomic mass is 32.1. The molecule has 15 heavy (non-hydrogen) atoms. The third-order valence-corrected chi connectivity index (χ3v) is 3.83. The molecule has 0 saturated heterocycles. The van der Waals surface area contributed by atoms with E-state index in [0.29, 0.717) is 13.0 Å². The van der Waals surface area contributed by atoms with E-state index in [2.05, 4.69) is 0 Å². The lowest BCUT2D eigenvalue weighted by molar-refractivity contribution is -0.150. The number of carboxylic acids is 1. The van der Waals surface area contributed by atoms with Crippen molar-refractivity contribution >= 4 is 17.3 Å². The van der Waals surface area contributed by atoms with E-state index < -0.39 is 11.5 Å². The monoisotopic (exact) mass is 227 g/mol. The molecule has 0 aromatic carbocycles. The van der Waals surface area contributed by atoms with Crippen molar-refractivity contribution < 1.29 is 9.90 Å². The van der Waals surface area contributed by atoms with Crippen LogP contribution in [-0.4, -0.2) is 28.6 Å². The van der Waals surface area contributed by atoms with Crippen LogP contribution < -0.4 is 0 Å². The second kappa shape index (κ2) is 4.77. The van der Waals surface area contributed by atoms with Gasteiger partial charge in [-0.05, 0) is 31.8 Å². The van der Waals surface area contributed by atoms with Gasteiger partial charge in [0, 0.05) is 11.4 Å². The highest BCUT2D eigenvalue weighted by molar-refractivity contribution is 7.09. The number of rotatable bonds is 5. The molecule has 1 aromatic heterocycles. The fourth-order valence-electron chi connectivity index (χ4n) is 1.40. The Morgan fingerprint density at radius 2 is 2.33 bits per heavy atom. The second-order valence-electron chi connectivity index (χ2n) is 3.87. The molecule has 0 radical (unpaired) electrons. The van der Waals surface area contributed by atoms with Gasteiger partial charge in [-0.1, -0.05) is 13.0 Å². The van der Waals surface area contributed by atoms with Crippen LogP contribution >= 0.6 is 11.3 Å². The summed E-state index contributed by atoms with van der Waals surface area (Å²) in [5.74, 6) is -0.760. The summed E-state index contributed by atoms with van der Waals surface area (Å²) in [5.41, 5.74) is -0.774. The zero-order chi connectivity index (χ0) is 11.5. The number of hydrogen-bond donors (Lipinski definition) is 1. The smallest absolute Gasteiger partial charge is 0.323 e. The zero-order valence-corrected chi connectivity index (χ0v) is 10.2. The first-order chi connectivity index (χ1) is 7.00. The van der Waals surface area contributed by atoms with Crippen LogP contribution in [-0.2, 0) is 11.3 Å². The number of carbonyl (C=O) groups is 1. The van der Waals surface area contributed by atoms with Crippen LogP contribution in [0.2, 0.25) is 0 Å². The Kier molecular flexibility index (Phi) is 3.88. The molecule has 1 heterocycles. The largest absolute Gasteiger partial charge is 0.480 e. The van der Waals surface area contributed by atoms with E-state index in [1.807, 2.05) is 36.4 Å². The summed E-state index contributed by atoms with van der Waals surface area (Å²) >= 11 is 1.65. The van der Waals surface area contributed by atoms with Crippen molar-refractivity contribution in [3.63, 3.8) is 0 Å². The van der Waals surface area contributed by atoms with Gasteiger partial charge in [0.05, 0.1) is 0 Å². The number of likely N-dealkylation sites (N-methyl/N-ethyl adjacent to an activating group) is 1. The molecule has 0 spiro atoms.